The van der Waals surface area contributed by atoms with Gasteiger partial charge < -0.3 is 25.2 Å². The van der Waals surface area contributed by atoms with Gasteiger partial charge in [0.2, 0.25) is 0 Å². The first kappa shape index (κ1) is 45.5. The van der Waals surface area contributed by atoms with Crippen LogP contribution in [0.4, 0.5) is 0 Å². The van der Waals surface area contributed by atoms with Crippen LogP contribution in [0.3, 0.4) is 0 Å². The van der Waals surface area contributed by atoms with Crippen molar-refractivity contribution >= 4 is 25.7 Å². The van der Waals surface area contributed by atoms with Crippen molar-refractivity contribution in [1.82, 2.24) is 0 Å². The summed E-state index contributed by atoms with van der Waals surface area (Å²) < 4.78 is 31.3. The predicted molar refractivity (Wildman–Crippen MR) is 185 cm³/mol. The molecule has 0 radical (unpaired) electrons. The van der Waals surface area contributed by atoms with E-state index in [2.05, 4.69) is 11.4 Å². The summed E-state index contributed by atoms with van der Waals surface area (Å²) in [4.78, 5) is 43.8. The van der Waals surface area contributed by atoms with E-state index in [4.69, 9.17) is 24.8 Å². The molecule has 1 unspecified atom stereocenters. The van der Waals surface area contributed by atoms with Gasteiger partial charge in [0.05, 0.1) is 13.2 Å². The first-order valence-corrected chi connectivity index (χ1v) is 20.0. The number of hydrogen-bond donors (Lipinski definition) is 3. The van der Waals surface area contributed by atoms with Crippen molar-refractivity contribution in [3.05, 3.63) is 0 Å². The number of carboxylic acid groups (broad SMARTS) is 1. The third-order valence-electron chi connectivity index (χ3n) is 8.16. The van der Waals surface area contributed by atoms with Crippen LogP contribution in [0.2, 0.25) is 0 Å². The summed E-state index contributed by atoms with van der Waals surface area (Å²) in [6.07, 6.45) is 30.5. The van der Waals surface area contributed by atoms with Gasteiger partial charge in [0.25, 0.3) is 0 Å². The number of carboxylic acids is 1. The molecular weight excluding hydrogens is 625 g/mol. The zero-order valence-electron chi connectivity index (χ0n) is 29.6. The Hall–Kier alpha value is -1.52. The molecule has 0 rings (SSSR count). The fourth-order valence-electron chi connectivity index (χ4n) is 5.30. The maximum atomic E-state index is 12.1. The molecule has 0 amide bonds. The first-order valence-electron chi connectivity index (χ1n) is 18.5. The minimum Gasteiger partial charge on any atom is -0.480 e. The first-order chi connectivity index (χ1) is 22.6. The molecule has 278 valence electrons. The minimum absolute atomic E-state index is 0.224. The molecule has 0 aliphatic heterocycles. The van der Waals surface area contributed by atoms with Gasteiger partial charge in [-0.2, -0.15) is 0 Å². The van der Waals surface area contributed by atoms with Crippen LogP contribution in [0.15, 0.2) is 0 Å². The lowest BCUT2D eigenvalue weighted by molar-refractivity contribution is -0.159. The number of phosphoric ester groups is 1. The molecular formula is C35H68NO10P. The summed E-state index contributed by atoms with van der Waals surface area (Å²) in [5.41, 5.74) is 5.22. The van der Waals surface area contributed by atoms with Gasteiger partial charge in [-0.3, -0.25) is 23.4 Å². The Morgan fingerprint density at radius 1 is 0.617 bits per heavy atom. The maximum Gasteiger partial charge on any atom is 0.472 e. The minimum atomic E-state index is -4.66. The van der Waals surface area contributed by atoms with Crippen molar-refractivity contribution in [2.24, 2.45) is 5.73 Å². The van der Waals surface area contributed by atoms with E-state index in [1.165, 1.54) is 128 Å². The van der Waals surface area contributed by atoms with Gasteiger partial charge in [0.1, 0.15) is 12.6 Å². The second-order valence-corrected chi connectivity index (χ2v) is 14.3. The van der Waals surface area contributed by atoms with Gasteiger partial charge in [0.15, 0.2) is 6.10 Å². The lowest BCUT2D eigenvalue weighted by atomic mass is 10.0. The van der Waals surface area contributed by atoms with Gasteiger partial charge in [-0.25, -0.2) is 4.57 Å². The Morgan fingerprint density at radius 2 is 0.979 bits per heavy atom. The standard InChI is InChI=1S/C35H68NO10P/c1-3-4-5-6-7-8-9-10-11-12-13-14-15-16-17-18-19-20-21-22-23-24-25-26-27-34(38)43-28-32(46-31(2)37)29-44-47(41,42)45-30-33(36)35(39)40/h32-33H,3-30,36H2,1-2H3,(H,39,40)(H,41,42)/t32-,33+/m1/s1. The molecule has 0 aliphatic rings. The van der Waals surface area contributed by atoms with Gasteiger partial charge in [-0.15, -0.1) is 0 Å². The molecule has 0 saturated heterocycles. The average molecular weight is 694 g/mol. The van der Waals surface area contributed by atoms with Crippen LogP contribution >= 0.6 is 7.82 Å². The van der Waals surface area contributed by atoms with Crippen LogP contribution in [-0.2, 0) is 37.5 Å². The highest BCUT2D eigenvalue weighted by molar-refractivity contribution is 7.47. The quantitative estimate of drug-likeness (QED) is 0.0329. The van der Waals surface area contributed by atoms with Crippen LogP contribution in [0.25, 0.3) is 0 Å². The predicted octanol–water partition coefficient (Wildman–Crippen LogP) is 8.78. The van der Waals surface area contributed by atoms with Gasteiger partial charge in [0, 0.05) is 13.3 Å². The molecule has 47 heavy (non-hydrogen) atoms. The monoisotopic (exact) mass is 693 g/mol. The van der Waals surface area contributed by atoms with Crippen LogP contribution in [0, 0.1) is 0 Å². The molecule has 0 aromatic carbocycles. The fourth-order valence-corrected chi connectivity index (χ4v) is 6.08. The summed E-state index contributed by atoms with van der Waals surface area (Å²) in [5, 5.41) is 8.71. The summed E-state index contributed by atoms with van der Waals surface area (Å²) in [6, 6.07) is -1.51. The Morgan fingerprint density at radius 3 is 1.34 bits per heavy atom. The zero-order chi connectivity index (χ0) is 35.0. The third-order valence-corrected chi connectivity index (χ3v) is 9.11. The highest BCUT2D eigenvalue weighted by atomic mass is 31.2. The number of phosphoric acid groups is 1. The SMILES string of the molecule is CCCCCCCCCCCCCCCCCCCCCCCCCCC(=O)OC[C@H](COP(=O)(O)OC[C@H](N)C(=O)O)OC(C)=O. The number of carbonyl (C=O) groups is 3. The van der Waals surface area contributed by atoms with E-state index in [0.29, 0.717) is 6.42 Å². The number of esters is 2. The molecule has 3 atom stereocenters. The number of nitrogens with two attached hydrogens (primary N) is 1. The third kappa shape index (κ3) is 32.8. The number of ether oxygens (including phenoxy) is 2. The zero-order valence-corrected chi connectivity index (χ0v) is 30.5. The van der Waals surface area contributed by atoms with Gasteiger partial charge in [-0.05, 0) is 6.42 Å². The van der Waals surface area contributed by atoms with E-state index in [9.17, 15) is 23.8 Å². The molecule has 4 N–H and O–H groups in total. The van der Waals surface area contributed by atoms with Gasteiger partial charge in [-0.1, -0.05) is 155 Å². The highest BCUT2D eigenvalue weighted by Gasteiger charge is 2.27. The second-order valence-electron chi connectivity index (χ2n) is 12.8. The largest absolute Gasteiger partial charge is 0.480 e. The summed E-state index contributed by atoms with van der Waals surface area (Å²) in [6.45, 7) is 1.71. The molecule has 0 heterocycles. The number of rotatable bonds is 35. The van der Waals surface area contributed by atoms with Crippen LogP contribution in [0.1, 0.15) is 174 Å². The molecule has 0 bridgehead atoms. The van der Waals surface area contributed by atoms with Crippen LogP contribution in [-0.4, -0.2) is 59.9 Å². The normalized spacial score (nSPS) is 14.0. The van der Waals surface area contributed by atoms with E-state index in [1.54, 1.807) is 0 Å². The second kappa shape index (κ2) is 31.7. The maximum absolute atomic E-state index is 12.1. The Bertz CT molecular complexity index is 828. The van der Waals surface area contributed by atoms with Crippen LogP contribution < -0.4 is 5.73 Å². The lowest BCUT2D eigenvalue weighted by Gasteiger charge is -2.19. The lowest BCUT2D eigenvalue weighted by Crippen LogP contribution is -2.34. The van der Waals surface area contributed by atoms with Crippen molar-refractivity contribution in [2.75, 3.05) is 19.8 Å². The molecule has 0 aromatic rings. The van der Waals surface area contributed by atoms with E-state index >= 15 is 0 Å². The van der Waals surface area contributed by atoms with Crippen molar-refractivity contribution < 1.29 is 47.5 Å². The number of unbranched alkanes of at least 4 members (excludes halogenated alkanes) is 23. The van der Waals surface area contributed by atoms with E-state index < -0.39 is 51.1 Å². The summed E-state index contributed by atoms with van der Waals surface area (Å²) in [7, 11) is -4.66. The number of carbonyl (C=O) groups excluding carboxylic acids is 2. The van der Waals surface area contributed by atoms with Crippen molar-refractivity contribution in [3.8, 4) is 0 Å². The molecule has 12 heteroatoms. The molecule has 0 aromatic heterocycles. The van der Waals surface area contributed by atoms with Crippen molar-refractivity contribution in [2.45, 2.75) is 187 Å². The van der Waals surface area contributed by atoms with E-state index in [0.717, 1.165) is 26.2 Å². The van der Waals surface area contributed by atoms with Crippen LogP contribution in [0.5, 0.6) is 0 Å². The van der Waals surface area contributed by atoms with Crippen molar-refractivity contribution in [3.63, 3.8) is 0 Å². The molecule has 11 nitrogen and oxygen atoms in total. The summed E-state index contributed by atoms with van der Waals surface area (Å²) >= 11 is 0. The van der Waals surface area contributed by atoms with Gasteiger partial charge >= 0.3 is 25.7 Å². The average Bonchev–Trinajstić information content (AvgIpc) is 3.03. The Kier molecular flexibility index (Phi) is 30.7. The number of aliphatic carboxylic acids is 1. The number of hydrogen-bond acceptors (Lipinski definition) is 9. The summed E-state index contributed by atoms with van der Waals surface area (Å²) in [5.74, 6) is -2.57. The van der Waals surface area contributed by atoms with E-state index in [-0.39, 0.29) is 13.0 Å². The van der Waals surface area contributed by atoms with E-state index in [1.807, 2.05) is 0 Å². The smallest absolute Gasteiger partial charge is 0.472 e. The van der Waals surface area contributed by atoms with Crippen molar-refractivity contribution in [1.29, 1.82) is 0 Å². The topological polar surface area (TPSA) is 172 Å². The molecule has 0 spiro atoms. The molecule has 0 saturated carbocycles. The Labute approximate surface area is 285 Å². The Balaban J connectivity index is 3.63. The fraction of sp³-hybridized carbons (Fsp3) is 0.914. The molecule has 0 fully saturated rings. The molecule has 0 aliphatic carbocycles. The highest BCUT2D eigenvalue weighted by Crippen LogP contribution is 2.43.